The van der Waals surface area contributed by atoms with Gasteiger partial charge in [0.05, 0.1) is 11.3 Å². The first-order valence-electron chi connectivity index (χ1n) is 8.58. The first-order chi connectivity index (χ1) is 11.7. The molecule has 0 amide bonds. The molecule has 2 aromatic rings. The second-order valence-corrected chi connectivity index (χ2v) is 9.58. The van der Waals surface area contributed by atoms with Gasteiger partial charge >= 0.3 is 5.97 Å². The van der Waals surface area contributed by atoms with Gasteiger partial charge in [-0.05, 0) is 58.9 Å². The highest BCUT2D eigenvalue weighted by Gasteiger charge is 2.24. The van der Waals surface area contributed by atoms with Gasteiger partial charge in [0.15, 0.2) is 5.75 Å². The number of carbonyl (C=O) groups is 1. The Morgan fingerprint density at radius 2 is 1.64 bits per heavy atom. The smallest absolute Gasteiger partial charge is 0.338 e. The molecule has 4 heteroatoms. The molecule has 1 unspecified atom stereocenters. The van der Waals surface area contributed by atoms with E-state index >= 15 is 0 Å². The topological polar surface area (TPSA) is 38.3 Å². The summed E-state index contributed by atoms with van der Waals surface area (Å²) in [6.07, 6.45) is 0. The summed E-state index contributed by atoms with van der Waals surface area (Å²) in [6.45, 7) is 10.1. The molecule has 25 heavy (non-hydrogen) atoms. The van der Waals surface area contributed by atoms with E-state index in [1.165, 1.54) is 5.56 Å². The van der Waals surface area contributed by atoms with Crippen LogP contribution in [0.15, 0.2) is 54.6 Å². The summed E-state index contributed by atoms with van der Waals surface area (Å²) >= 11 is 0.0225. The van der Waals surface area contributed by atoms with E-state index in [0.29, 0.717) is 10.8 Å². The molecule has 1 N–H and O–H groups in total. The van der Waals surface area contributed by atoms with E-state index < -0.39 is 5.60 Å². The van der Waals surface area contributed by atoms with Crippen LogP contribution in [0.2, 0.25) is 0 Å². The van der Waals surface area contributed by atoms with Crippen LogP contribution in [0.4, 0.5) is 5.69 Å². The Hall–Kier alpha value is -1.94. The minimum atomic E-state index is -0.478. The molecule has 0 bridgehead atoms. The lowest BCUT2D eigenvalue weighted by Gasteiger charge is -2.19. The van der Waals surface area contributed by atoms with Gasteiger partial charge in [-0.25, -0.2) is 9.52 Å². The highest BCUT2D eigenvalue weighted by molar-refractivity contribution is 7.97. The fourth-order valence-electron chi connectivity index (χ4n) is 2.24. The zero-order chi connectivity index (χ0) is 18.4. The summed E-state index contributed by atoms with van der Waals surface area (Å²) in [5.41, 5.74) is 2.46. The van der Waals surface area contributed by atoms with E-state index in [1.807, 2.05) is 51.1 Å². The Kier molecular flexibility index (Phi) is 6.54. The van der Waals surface area contributed by atoms with Crippen molar-refractivity contribution in [2.45, 2.75) is 51.2 Å². The highest BCUT2D eigenvalue weighted by atomic mass is 32.2. The van der Waals surface area contributed by atoms with E-state index in [4.69, 9.17) is 4.74 Å². The lowest BCUT2D eigenvalue weighted by atomic mass is 10.1. The van der Waals surface area contributed by atoms with Crippen molar-refractivity contribution < 1.29 is 9.53 Å². The monoisotopic (exact) mass is 358 g/mol. The number of rotatable bonds is 6. The third-order valence-corrected chi connectivity index (χ3v) is 5.78. The van der Waals surface area contributed by atoms with Crippen LogP contribution < -0.4 is 4.72 Å². The highest BCUT2D eigenvalue weighted by Crippen LogP contribution is 2.20. The van der Waals surface area contributed by atoms with E-state index in [2.05, 4.69) is 42.8 Å². The van der Waals surface area contributed by atoms with E-state index in [0.717, 1.165) is 11.4 Å². The van der Waals surface area contributed by atoms with Crippen LogP contribution in [-0.4, -0.2) is 16.8 Å². The van der Waals surface area contributed by atoms with Gasteiger partial charge in [0.1, 0.15) is 21.9 Å². The van der Waals surface area contributed by atoms with Crippen LogP contribution >= 0.6 is 0 Å². The van der Waals surface area contributed by atoms with E-state index in [1.54, 1.807) is 0 Å². The van der Waals surface area contributed by atoms with E-state index in [-0.39, 0.29) is 17.1 Å². The third-order valence-electron chi connectivity index (χ3n) is 3.50. The number of ether oxygens (including phenoxy) is 1. The Labute approximate surface area is 154 Å². The molecule has 2 aromatic carbocycles. The van der Waals surface area contributed by atoms with Crippen LogP contribution in [0.25, 0.3) is 0 Å². The molecule has 3 nitrogen and oxygen atoms in total. The minimum absolute atomic E-state index is 0.0225. The maximum atomic E-state index is 12.1. The first-order valence-corrected chi connectivity index (χ1v) is 10.0. The Bertz CT molecular complexity index is 675. The number of carbonyl (C=O) groups excluding carboxylic acids is 1. The lowest BCUT2D eigenvalue weighted by Crippen LogP contribution is -2.25. The molecule has 0 aromatic heterocycles. The Morgan fingerprint density at radius 3 is 2.16 bits per heavy atom. The molecule has 0 aliphatic rings. The van der Waals surface area contributed by atoms with Crippen LogP contribution in [0.3, 0.4) is 0 Å². The summed E-state index contributed by atoms with van der Waals surface area (Å²) in [7, 11) is 0. The molecule has 0 radical (unpaired) electrons. The molecule has 134 valence electrons. The van der Waals surface area contributed by atoms with Crippen molar-refractivity contribution in [1.29, 1.82) is 0 Å². The molecule has 0 aliphatic carbocycles. The lowest BCUT2D eigenvalue weighted by molar-refractivity contribution is 0.00696. The second kappa shape index (κ2) is 8.43. The minimum Gasteiger partial charge on any atom is -0.456 e. The molecular formula is C21H28NO2S+. The van der Waals surface area contributed by atoms with Gasteiger partial charge in [-0.15, -0.1) is 0 Å². The molecule has 1 atom stereocenters. The summed E-state index contributed by atoms with van der Waals surface area (Å²) in [5.74, 6) is 0.706. The van der Waals surface area contributed by atoms with E-state index in [9.17, 15) is 4.79 Å². The van der Waals surface area contributed by atoms with Crippen LogP contribution in [0.1, 0.15) is 50.5 Å². The second-order valence-electron chi connectivity index (χ2n) is 7.29. The summed E-state index contributed by atoms with van der Waals surface area (Å²) in [6, 6.07) is 18.1. The van der Waals surface area contributed by atoms with Gasteiger partial charge in [-0.1, -0.05) is 30.3 Å². The molecule has 2 rings (SSSR count). The average Bonchev–Trinajstić information content (AvgIpc) is 2.54. The van der Waals surface area contributed by atoms with Gasteiger partial charge < -0.3 is 4.74 Å². The summed E-state index contributed by atoms with van der Waals surface area (Å²) < 4.78 is 9.02. The zero-order valence-corrected chi connectivity index (χ0v) is 16.5. The number of hydrogen-bond acceptors (Lipinski definition) is 3. The van der Waals surface area contributed by atoms with Crippen molar-refractivity contribution >= 4 is 22.7 Å². The SMILES string of the molecule is CC(C)[S+](Cc1ccccc1)Nc1ccc(C(=O)OC(C)(C)C)cc1. The van der Waals surface area contributed by atoms with Gasteiger partial charge in [0, 0.05) is 5.56 Å². The molecular weight excluding hydrogens is 330 g/mol. The number of benzene rings is 2. The third kappa shape index (κ3) is 6.46. The van der Waals surface area contributed by atoms with Gasteiger partial charge in [0.2, 0.25) is 0 Å². The van der Waals surface area contributed by atoms with Crippen LogP contribution in [-0.2, 0) is 21.6 Å². The molecule has 0 fully saturated rings. The molecule has 0 saturated heterocycles. The molecule has 0 spiro atoms. The number of anilines is 1. The molecule has 0 heterocycles. The maximum Gasteiger partial charge on any atom is 0.338 e. The largest absolute Gasteiger partial charge is 0.456 e. The first kappa shape index (κ1) is 19.4. The fraction of sp³-hybridized carbons (Fsp3) is 0.381. The average molecular weight is 359 g/mol. The number of esters is 1. The van der Waals surface area contributed by atoms with Gasteiger partial charge in [0.25, 0.3) is 0 Å². The summed E-state index contributed by atoms with van der Waals surface area (Å²) in [5, 5.41) is 0.519. The normalized spacial score (nSPS) is 12.7. The quantitative estimate of drug-likeness (QED) is 0.570. The molecule has 0 aliphatic heterocycles. The van der Waals surface area contributed by atoms with Crippen molar-refractivity contribution in [3.05, 3.63) is 65.7 Å². The standard InChI is InChI=1S/C21H27NO2S/c1-16(2)25(15-17-9-7-6-8-10-17)22-19-13-11-18(12-14-19)20(23)24-21(3,4)5/h6-14,16H,15H2,1-5H3/p+1. The van der Waals surface area contributed by atoms with Gasteiger partial charge in [-0.3, -0.25) is 0 Å². The van der Waals surface area contributed by atoms with Gasteiger partial charge in [-0.2, -0.15) is 0 Å². The van der Waals surface area contributed by atoms with Crippen molar-refractivity contribution in [1.82, 2.24) is 0 Å². The maximum absolute atomic E-state index is 12.1. The summed E-state index contributed by atoms with van der Waals surface area (Å²) in [4.78, 5) is 12.1. The van der Waals surface area contributed by atoms with Crippen molar-refractivity contribution in [2.24, 2.45) is 0 Å². The Morgan fingerprint density at radius 1 is 1.04 bits per heavy atom. The number of hydrogen-bond donors (Lipinski definition) is 1. The van der Waals surface area contributed by atoms with Crippen LogP contribution in [0, 0.1) is 0 Å². The predicted molar refractivity (Wildman–Crippen MR) is 108 cm³/mol. The zero-order valence-electron chi connectivity index (χ0n) is 15.7. The number of nitrogens with one attached hydrogen (secondary N) is 1. The van der Waals surface area contributed by atoms with Crippen molar-refractivity contribution in [2.75, 3.05) is 4.72 Å². The van der Waals surface area contributed by atoms with Crippen molar-refractivity contribution in [3.8, 4) is 0 Å². The fourth-order valence-corrected chi connectivity index (χ4v) is 3.87. The Balaban J connectivity index is 2.04. The van der Waals surface area contributed by atoms with Crippen molar-refractivity contribution in [3.63, 3.8) is 0 Å². The molecule has 0 saturated carbocycles. The van der Waals surface area contributed by atoms with Crippen LogP contribution in [0.5, 0.6) is 0 Å². The predicted octanol–water partition coefficient (Wildman–Crippen LogP) is 5.20.